The summed E-state index contributed by atoms with van der Waals surface area (Å²) in [7, 11) is -3.13. The summed E-state index contributed by atoms with van der Waals surface area (Å²) in [6.45, 7) is 2.36. The Morgan fingerprint density at radius 1 is 1.25 bits per heavy atom. The smallest absolute Gasteiger partial charge is 0.331 e. The molecular weight excluding hydrogens is 386 g/mol. The zero-order chi connectivity index (χ0) is 20.2. The Hall–Kier alpha value is -2.55. The third-order valence-electron chi connectivity index (χ3n) is 4.47. The zero-order valence-corrected chi connectivity index (χ0v) is 16.4. The van der Waals surface area contributed by atoms with Crippen molar-refractivity contribution in [2.75, 3.05) is 31.3 Å². The molecule has 0 saturated carbocycles. The molecule has 3 rings (SSSR count). The molecule has 0 radical (unpaired) electrons. The van der Waals surface area contributed by atoms with E-state index in [1.807, 2.05) is 0 Å². The van der Waals surface area contributed by atoms with Crippen LogP contribution >= 0.6 is 0 Å². The zero-order valence-electron chi connectivity index (χ0n) is 15.6. The van der Waals surface area contributed by atoms with E-state index in [2.05, 4.69) is 5.32 Å². The average molecular weight is 409 g/mol. The van der Waals surface area contributed by atoms with E-state index in [1.54, 1.807) is 31.2 Å². The monoisotopic (exact) mass is 409 g/mol. The number of ether oxygens (including phenoxy) is 3. The second-order valence-corrected chi connectivity index (χ2v) is 9.33. The van der Waals surface area contributed by atoms with Crippen LogP contribution in [0.4, 0.5) is 0 Å². The maximum atomic E-state index is 11.9. The van der Waals surface area contributed by atoms with Gasteiger partial charge in [0.15, 0.2) is 27.9 Å². The lowest BCUT2D eigenvalue weighted by Crippen LogP contribution is -2.48. The average Bonchev–Trinajstić information content (AvgIpc) is 2.80. The van der Waals surface area contributed by atoms with E-state index < -0.39 is 33.9 Å². The van der Waals surface area contributed by atoms with Gasteiger partial charge in [-0.3, -0.25) is 4.79 Å². The van der Waals surface area contributed by atoms with Crippen molar-refractivity contribution in [3.63, 3.8) is 0 Å². The molecule has 1 atom stereocenters. The van der Waals surface area contributed by atoms with Crippen molar-refractivity contribution in [3.05, 3.63) is 29.8 Å². The Bertz CT molecular complexity index is 894. The van der Waals surface area contributed by atoms with Crippen LogP contribution in [0.5, 0.6) is 11.5 Å². The van der Waals surface area contributed by atoms with Crippen LogP contribution in [0.1, 0.15) is 25.3 Å². The minimum Gasteiger partial charge on any atom is -0.490 e. The molecule has 1 fully saturated rings. The lowest BCUT2D eigenvalue weighted by molar-refractivity contribution is -0.144. The van der Waals surface area contributed by atoms with E-state index in [9.17, 15) is 18.0 Å². The molecule has 0 spiro atoms. The number of hydrogen-bond acceptors (Lipinski definition) is 7. The van der Waals surface area contributed by atoms with Crippen LogP contribution in [0.15, 0.2) is 24.3 Å². The van der Waals surface area contributed by atoms with Gasteiger partial charge in [-0.25, -0.2) is 13.2 Å². The highest BCUT2D eigenvalue weighted by atomic mass is 32.2. The number of rotatable bonds is 5. The van der Waals surface area contributed by atoms with Crippen LogP contribution in [-0.4, -0.2) is 57.2 Å². The SMILES string of the molecule is C[C@]1(NC(=O)COC(=O)/C=C/c2ccc3c(c2)OCCCO3)CCS(=O)(=O)C1. The highest BCUT2D eigenvalue weighted by molar-refractivity contribution is 7.91. The van der Waals surface area contributed by atoms with E-state index in [4.69, 9.17) is 14.2 Å². The van der Waals surface area contributed by atoms with Gasteiger partial charge in [0.1, 0.15) is 0 Å². The first-order valence-electron chi connectivity index (χ1n) is 9.01. The Kier molecular flexibility index (Phi) is 5.93. The number of carbonyl (C=O) groups is 2. The van der Waals surface area contributed by atoms with E-state index >= 15 is 0 Å². The molecule has 1 aromatic rings. The van der Waals surface area contributed by atoms with Gasteiger partial charge in [0.05, 0.1) is 30.3 Å². The number of sulfone groups is 1. The largest absolute Gasteiger partial charge is 0.490 e. The lowest BCUT2D eigenvalue weighted by atomic mass is 10.0. The molecule has 1 aromatic carbocycles. The fourth-order valence-corrected chi connectivity index (χ4v) is 5.21. The van der Waals surface area contributed by atoms with Crippen molar-refractivity contribution >= 4 is 27.8 Å². The predicted molar refractivity (Wildman–Crippen MR) is 102 cm³/mol. The summed E-state index contributed by atoms with van der Waals surface area (Å²) in [5.41, 5.74) is -0.0865. The Morgan fingerprint density at radius 3 is 2.71 bits per heavy atom. The number of benzene rings is 1. The van der Waals surface area contributed by atoms with Gasteiger partial charge in [-0.2, -0.15) is 0 Å². The highest BCUT2D eigenvalue weighted by Crippen LogP contribution is 2.30. The van der Waals surface area contributed by atoms with Gasteiger partial charge in [0.2, 0.25) is 0 Å². The Morgan fingerprint density at radius 2 is 2.00 bits per heavy atom. The van der Waals surface area contributed by atoms with Crippen LogP contribution in [0.2, 0.25) is 0 Å². The minimum absolute atomic E-state index is 0.0435. The van der Waals surface area contributed by atoms with Gasteiger partial charge >= 0.3 is 5.97 Å². The fraction of sp³-hybridized carbons (Fsp3) is 0.474. The summed E-state index contributed by atoms with van der Waals surface area (Å²) < 4.78 is 39.2. The molecule has 9 heteroatoms. The molecule has 2 heterocycles. The molecule has 1 saturated heterocycles. The van der Waals surface area contributed by atoms with Gasteiger partial charge in [-0.1, -0.05) is 6.07 Å². The van der Waals surface area contributed by atoms with E-state index in [-0.39, 0.29) is 11.5 Å². The quantitative estimate of drug-likeness (QED) is 0.573. The molecule has 8 nitrogen and oxygen atoms in total. The van der Waals surface area contributed by atoms with Crippen LogP contribution in [0, 0.1) is 0 Å². The number of nitrogens with one attached hydrogen (secondary N) is 1. The molecule has 1 N–H and O–H groups in total. The standard InChI is InChI=1S/C19H23NO7S/c1-19(7-10-28(23,24)13-19)20-17(21)12-27-18(22)6-4-14-3-5-15-16(11-14)26-9-2-8-25-15/h3-6,11H,2,7-10,12-13H2,1H3,(H,20,21)/b6-4+/t19-/m0/s1. The summed E-state index contributed by atoms with van der Waals surface area (Å²) in [5.74, 6) is 0.0119. The maximum absolute atomic E-state index is 11.9. The highest BCUT2D eigenvalue weighted by Gasteiger charge is 2.39. The normalized spacial score (nSPS) is 23.2. The number of fused-ring (bicyclic) bond motifs is 1. The van der Waals surface area contributed by atoms with Crippen molar-refractivity contribution < 1.29 is 32.2 Å². The number of esters is 1. The summed E-state index contributed by atoms with van der Waals surface area (Å²) in [4.78, 5) is 23.8. The second kappa shape index (κ2) is 8.22. The minimum atomic E-state index is -3.13. The first kappa shape index (κ1) is 20.2. The van der Waals surface area contributed by atoms with E-state index in [0.29, 0.717) is 31.1 Å². The molecule has 2 aliphatic rings. The second-order valence-electron chi connectivity index (χ2n) is 7.15. The molecule has 28 heavy (non-hydrogen) atoms. The molecule has 2 aliphatic heterocycles. The van der Waals surface area contributed by atoms with Gasteiger partial charge in [0.25, 0.3) is 5.91 Å². The lowest BCUT2D eigenvalue weighted by Gasteiger charge is -2.23. The molecule has 0 aliphatic carbocycles. The molecule has 1 amide bonds. The summed E-state index contributed by atoms with van der Waals surface area (Å²) in [5, 5.41) is 2.63. The van der Waals surface area contributed by atoms with Gasteiger partial charge in [-0.05, 0) is 37.1 Å². The van der Waals surface area contributed by atoms with E-state index in [1.165, 1.54) is 6.08 Å². The van der Waals surface area contributed by atoms with Crippen molar-refractivity contribution in [3.8, 4) is 11.5 Å². The molecular formula is C19H23NO7S. The van der Waals surface area contributed by atoms with Crippen molar-refractivity contribution in [1.82, 2.24) is 5.32 Å². The molecule has 152 valence electrons. The molecule has 0 aromatic heterocycles. The van der Waals surface area contributed by atoms with Gasteiger partial charge < -0.3 is 19.5 Å². The number of amides is 1. The van der Waals surface area contributed by atoms with Gasteiger partial charge in [0, 0.05) is 12.5 Å². The van der Waals surface area contributed by atoms with Gasteiger partial charge in [-0.15, -0.1) is 0 Å². The maximum Gasteiger partial charge on any atom is 0.331 e. The third kappa shape index (κ3) is 5.48. The van der Waals surface area contributed by atoms with Crippen molar-refractivity contribution in [1.29, 1.82) is 0 Å². The first-order chi connectivity index (χ1) is 13.2. The topological polar surface area (TPSA) is 108 Å². The predicted octanol–water partition coefficient (Wildman–Crippen LogP) is 1.10. The first-order valence-corrected chi connectivity index (χ1v) is 10.8. The third-order valence-corrected chi connectivity index (χ3v) is 6.38. The number of carbonyl (C=O) groups excluding carboxylic acids is 2. The summed E-state index contributed by atoms with van der Waals surface area (Å²) >= 11 is 0. The summed E-state index contributed by atoms with van der Waals surface area (Å²) in [6.07, 6.45) is 3.92. The van der Waals surface area contributed by atoms with Crippen LogP contribution in [0.25, 0.3) is 6.08 Å². The van der Waals surface area contributed by atoms with Crippen molar-refractivity contribution in [2.24, 2.45) is 0 Å². The van der Waals surface area contributed by atoms with Crippen LogP contribution in [0.3, 0.4) is 0 Å². The Balaban J connectivity index is 1.49. The van der Waals surface area contributed by atoms with Crippen molar-refractivity contribution in [2.45, 2.75) is 25.3 Å². The fourth-order valence-electron chi connectivity index (χ4n) is 3.11. The van der Waals surface area contributed by atoms with E-state index in [0.717, 1.165) is 12.0 Å². The summed E-state index contributed by atoms with van der Waals surface area (Å²) in [6, 6.07) is 5.32. The van der Waals surface area contributed by atoms with Crippen LogP contribution in [-0.2, 0) is 24.2 Å². The van der Waals surface area contributed by atoms with Crippen LogP contribution < -0.4 is 14.8 Å². The molecule has 0 bridgehead atoms. The Labute approximate surface area is 163 Å². The number of hydrogen-bond donors (Lipinski definition) is 1. The molecule has 0 unspecified atom stereocenters.